The Kier molecular flexibility index (Phi) is 9.50. The van der Waals surface area contributed by atoms with Crippen LogP contribution in [-0.2, 0) is 11.3 Å². The number of carbonyl (C=O) groups excluding carboxylic acids is 1. The molecular weight excluding hydrogens is 436 g/mol. The molecule has 2 aromatic rings. The van der Waals surface area contributed by atoms with Crippen molar-refractivity contribution in [2.75, 3.05) is 0 Å². The average Bonchev–Trinajstić information content (AvgIpc) is 2.83. The second-order valence-corrected chi connectivity index (χ2v) is 10.8. The van der Waals surface area contributed by atoms with E-state index in [1.807, 2.05) is 50.2 Å². The van der Waals surface area contributed by atoms with Crippen molar-refractivity contribution in [1.29, 1.82) is 0 Å². The van der Waals surface area contributed by atoms with Crippen LogP contribution in [0.15, 0.2) is 42.5 Å². The molecular formula is C30H42N2O3. The van der Waals surface area contributed by atoms with E-state index in [4.69, 9.17) is 0 Å². The van der Waals surface area contributed by atoms with E-state index in [1.54, 1.807) is 0 Å². The lowest BCUT2D eigenvalue weighted by molar-refractivity contribution is -0.139. The SMILES string of the molecule is CCC[C@H](NC(=O)c1ccc(CNC(C)(C)CC2CCCCC2)cc1-c1ccccc1C)C(=O)O. The Labute approximate surface area is 210 Å². The van der Waals surface area contributed by atoms with Crippen molar-refractivity contribution >= 4 is 11.9 Å². The van der Waals surface area contributed by atoms with Crippen molar-refractivity contribution in [1.82, 2.24) is 10.6 Å². The summed E-state index contributed by atoms with van der Waals surface area (Å²) in [6.07, 6.45) is 9.01. The van der Waals surface area contributed by atoms with Crippen LogP contribution in [0.4, 0.5) is 0 Å². The second-order valence-electron chi connectivity index (χ2n) is 10.8. The first-order chi connectivity index (χ1) is 16.7. The van der Waals surface area contributed by atoms with E-state index >= 15 is 0 Å². The highest BCUT2D eigenvalue weighted by molar-refractivity contribution is 6.02. The zero-order valence-corrected chi connectivity index (χ0v) is 21.8. The number of hydrogen-bond acceptors (Lipinski definition) is 3. The van der Waals surface area contributed by atoms with Gasteiger partial charge >= 0.3 is 5.97 Å². The molecule has 0 spiro atoms. The molecule has 1 atom stereocenters. The van der Waals surface area contributed by atoms with Crippen LogP contribution in [0, 0.1) is 12.8 Å². The highest BCUT2D eigenvalue weighted by atomic mass is 16.4. The molecule has 0 bridgehead atoms. The molecule has 1 aliphatic carbocycles. The first-order valence-electron chi connectivity index (χ1n) is 13.2. The van der Waals surface area contributed by atoms with Crippen LogP contribution in [-0.4, -0.2) is 28.6 Å². The fourth-order valence-corrected chi connectivity index (χ4v) is 5.31. The van der Waals surface area contributed by atoms with E-state index in [0.717, 1.165) is 28.2 Å². The maximum atomic E-state index is 13.2. The van der Waals surface area contributed by atoms with Gasteiger partial charge in [-0.1, -0.05) is 75.8 Å². The van der Waals surface area contributed by atoms with Gasteiger partial charge in [0.25, 0.3) is 5.91 Å². The molecule has 0 saturated heterocycles. The van der Waals surface area contributed by atoms with Crippen molar-refractivity contribution in [3.63, 3.8) is 0 Å². The number of benzene rings is 2. The number of carboxylic acids is 1. The third-order valence-electron chi connectivity index (χ3n) is 7.24. The molecule has 1 aliphatic rings. The van der Waals surface area contributed by atoms with E-state index < -0.39 is 12.0 Å². The molecule has 0 aromatic heterocycles. The maximum absolute atomic E-state index is 13.2. The van der Waals surface area contributed by atoms with Gasteiger partial charge in [0.15, 0.2) is 0 Å². The molecule has 0 unspecified atom stereocenters. The lowest BCUT2D eigenvalue weighted by atomic mass is 9.81. The summed E-state index contributed by atoms with van der Waals surface area (Å²) in [6, 6.07) is 13.0. The Bertz CT molecular complexity index is 1010. The molecule has 190 valence electrons. The molecule has 35 heavy (non-hydrogen) atoms. The monoisotopic (exact) mass is 478 g/mol. The van der Waals surface area contributed by atoms with Gasteiger partial charge in [-0.05, 0) is 73.9 Å². The van der Waals surface area contributed by atoms with E-state index in [9.17, 15) is 14.7 Å². The van der Waals surface area contributed by atoms with Gasteiger partial charge in [0.1, 0.15) is 6.04 Å². The summed E-state index contributed by atoms with van der Waals surface area (Å²) in [6.45, 7) is 9.23. The summed E-state index contributed by atoms with van der Waals surface area (Å²) in [4.78, 5) is 24.8. The van der Waals surface area contributed by atoms with Crippen molar-refractivity contribution in [3.05, 3.63) is 59.2 Å². The Balaban J connectivity index is 1.83. The second kappa shape index (κ2) is 12.3. The number of carboxylic acid groups (broad SMARTS) is 1. The Hall–Kier alpha value is -2.66. The molecule has 0 heterocycles. The van der Waals surface area contributed by atoms with E-state index in [2.05, 4.69) is 30.5 Å². The first-order valence-corrected chi connectivity index (χ1v) is 13.2. The third kappa shape index (κ3) is 7.66. The number of hydrogen-bond donors (Lipinski definition) is 3. The smallest absolute Gasteiger partial charge is 0.326 e. The minimum absolute atomic E-state index is 0.0374. The quantitative estimate of drug-likeness (QED) is 0.345. The van der Waals surface area contributed by atoms with Gasteiger partial charge in [-0.15, -0.1) is 0 Å². The number of aryl methyl sites for hydroxylation is 1. The van der Waals surface area contributed by atoms with Crippen molar-refractivity contribution in [2.45, 2.75) is 97.2 Å². The molecule has 3 N–H and O–H groups in total. The fraction of sp³-hybridized carbons (Fsp3) is 0.533. The highest BCUT2D eigenvalue weighted by Crippen LogP contribution is 2.31. The van der Waals surface area contributed by atoms with E-state index in [-0.39, 0.29) is 11.4 Å². The molecule has 1 saturated carbocycles. The van der Waals surface area contributed by atoms with Gasteiger partial charge in [-0.2, -0.15) is 0 Å². The van der Waals surface area contributed by atoms with Gasteiger partial charge in [0.2, 0.25) is 0 Å². The van der Waals surface area contributed by atoms with Crippen LogP contribution in [0.3, 0.4) is 0 Å². The normalized spacial score (nSPS) is 15.5. The number of carbonyl (C=O) groups is 2. The first kappa shape index (κ1) is 26.9. The molecule has 0 aliphatic heterocycles. The Morgan fingerprint density at radius 3 is 2.43 bits per heavy atom. The summed E-state index contributed by atoms with van der Waals surface area (Å²) in [5.74, 6) is -0.551. The summed E-state index contributed by atoms with van der Waals surface area (Å²) < 4.78 is 0. The number of nitrogens with one attached hydrogen (secondary N) is 2. The predicted molar refractivity (Wildman–Crippen MR) is 143 cm³/mol. The van der Waals surface area contributed by atoms with Gasteiger partial charge in [-0.25, -0.2) is 4.79 Å². The predicted octanol–water partition coefficient (Wildman–Crippen LogP) is 6.48. The van der Waals surface area contributed by atoms with E-state index in [1.165, 1.54) is 38.5 Å². The standard InChI is InChI=1S/C30H42N2O3/c1-5-11-27(29(34)35)32-28(33)25-17-16-23(18-26(25)24-15-10-9-12-21(24)2)20-31-30(3,4)19-22-13-7-6-8-14-22/h9-10,12,15-18,22,27,31H,5-8,11,13-14,19-20H2,1-4H3,(H,32,33)(H,34,35)/t27-/m0/s1. The van der Waals surface area contributed by atoms with E-state index in [0.29, 0.717) is 24.9 Å². The molecule has 5 nitrogen and oxygen atoms in total. The van der Waals surface area contributed by atoms with Crippen LogP contribution in [0.2, 0.25) is 0 Å². The summed E-state index contributed by atoms with van der Waals surface area (Å²) in [5, 5.41) is 16.0. The summed E-state index contributed by atoms with van der Waals surface area (Å²) in [5.41, 5.74) is 4.56. The fourth-order valence-electron chi connectivity index (χ4n) is 5.31. The van der Waals surface area contributed by atoms with Crippen LogP contribution < -0.4 is 10.6 Å². The maximum Gasteiger partial charge on any atom is 0.326 e. The summed E-state index contributed by atoms with van der Waals surface area (Å²) in [7, 11) is 0. The summed E-state index contributed by atoms with van der Waals surface area (Å²) >= 11 is 0. The van der Waals surface area contributed by atoms with Crippen molar-refractivity contribution in [3.8, 4) is 11.1 Å². The largest absolute Gasteiger partial charge is 0.480 e. The minimum Gasteiger partial charge on any atom is -0.480 e. The van der Waals surface area contributed by atoms with Crippen LogP contribution in [0.25, 0.3) is 11.1 Å². The molecule has 1 amide bonds. The third-order valence-corrected chi connectivity index (χ3v) is 7.24. The van der Waals surface area contributed by atoms with Crippen LogP contribution in [0.1, 0.15) is 93.6 Å². The lowest BCUT2D eigenvalue weighted by Crippen LogP contribution is -2.41. The zero-order valence-electron chi connectivity index (χ0n) is 21.8. The zero-order chi connectivity index (χ0) is 25.4. The van der Waals surface area contributed by atoms with Crippen molar-refractivity contribution < 1.29 is 14.7 Å². The van der Waals surface area contributed by atoms with Crippen LogP contribution in [0.5, 0.6) is 0 Å². The lowest BCUT2D eigenvalue weighted by Gasteiger charge is -2.33. The van der Waals surface area contributed by atoms with Crippen molar-refractivity contribution in [2.24, 2.45) is 5.92 Å². The minimum atomic E-state index is -1.00. The van der Waals surface area contributed by atoms with Gasteiger partial charge in [-0.3, -0.25) is 4.79 Å². The number of rotatable bonds is 11. The molecule has 2 aromatic carbocycles. The van der Waals surface area contributed by atoms with Gasteiger partial charge in [0, 0.05) is 17.6 Å². The average molecular weight is 479 g/mol. The molecule has 0 radical (unpaired) electrons. The topological polar surface area (TPSA) is 78.4 Å². The molecule has 5 heteroatoms. The number of aliphatic carboxylic acids is 1. The number of amides is 1. The Morgan fingerprint density at radius 2 is 1.77 bits per heavy atom. The van der Waals surface area contributed by atoms with Gasteiger partial charge in [0.05, 0.1) is 0 Å². The molecule has 1 fully saturated rings. The van der Waals surface area contributed by atoms with Gasteiger partial charge < -0.3 is 15.7 Å². The molecule has 3 rings (SSSR count). The Morgan fingerprint density at radius 1 is 1.06 bits per heavy atom. The highest BCUT2D eigenvalue weighted by Gasteiger charge is 2.25. The van der Waals surface area contributed by atoms with Crippen LogP contribution >= 0.6 is 0 Å².